The number of hydrogen-bond donors (Lipinski definition) is 3. The second-order valence-electron chi connectivity index (χ2n) is 3.47. The van der Waals surface area contributed by atoms with Gasteiger partial charge in [-0.3, -0.25) is 14.8 Å². The highest BCUT2D eigenvalue weighted by Gasteiger charge is 2.07. The third-order valence-corrected chi connectivity index (χ3v) is 2.14. The van der Waals surface area contributed by atoms with E-state index in [1.807, 2.05) is 16.0 Å². The molecule has 8 nitrogen and oxygen atoms in total. The van der Waals surface area contributed by atoms with Gasteiger partial charge in [-0.2, -0.15) is 10.4 Å². The van der Waals surface area contributed by atoms with Crippen LogP contribution in [0, 0.1) is 11.3 Å². The first-order valence-electron chi connectivity index (χ1n) is 5.07. The summed E-state index contributed by atoms with van der Waals surface area (Å²) >= 11 is 0. The minimum Gasteiger partial charge on any atom is -0.493 e. The molecule has 2 rings (SSSR count). The van der Waals surface area contributed by atoms with Gasteiger partial charge in [-0.1, -0.05) is 6.07 Å². The second kappa shape index (κ2) is 4.97. The van der Waals surface area contributed by atoms with Crippen molar-refractivity contribution in [3.63, 3.8) is 0 Å². The van der Waals surface area contributed by atoms with E-state index in [0.29, 0.717) is 11.3 Å². The van der Waals surface area contributed by atoms with Gasteiger partial charge in [0.25, 0.3) is 5.56 Å². The van der Waals surface area contributed by atoms with Crippen LogP contribution >= 0.6 is 0 Å². The molecule has 0 atom stereocenters. The Bertz CT molecular complexity index is 797. The van der Waals surface area contributed by atoms with E-state index in [4.69, 9.17) is 5.26 Å². The molecule has 0 aliphatic carbocycles. The van der Waals surface area contributed by atoms with Gasteiger partial charge in [0.2, 0.25) is 11.6 Å². The Labute approximate surface area is 105 Å². The molecule has 0 aliphatic rings. The van der Waals surface area contributed by atoms with Gasteiger partial charge >= 0.3 is 5.69 Å². The average molecular weight is 257 g/mol. The molecule has 19 heavy (non-hydrogen) atoms. The summed E-state index contributed by atoms with van der Waals surface area (Å²) in [4.78, 5) is 26.1. The van der Waals surface area contributed by atoms with E-state index in [1.54, 1.807) is 18.2 Å². The molecule has 0 spiro atoms. The van der Waals surface area contributed by atoms with Crippen molar-refractivity contribution in [2.45, 2.75) is 0 Å². The molecular formula is C11H7N5O3. The van der Waals surface area contributed by atoms with E-state index < -0.39 is 22.8 Å². The van der Waals surface area contributed by atoms with E-state index in [2.05, 4.69) is 10.2 Å². The van der Waals surface area contributed by atoms with Crippen LogP contribution in [-0.2, 0) is 0 Å². The lowest BCUT2D eigenvalue weighted by atomic mass is 10.2. The SMILES string of the molecule is N#Cc1cccc(N=Nc2c(O)[nH]c(=O)[nH]c2=O)c1. The Balaban J connectivity index is 2.41. The molecule has 0 fully saturated rings. The number of nitrogens with one attached hydrogen (secondary N) is 2. The molecule has 0 unspecified atom stereocenters. The van der Waals surface area contributed by atoms with Gasteiger partial charge in [-0.15, -0.1) is 5.11 Å². The van der Waals surface area contributed by atoms with Gasteiger partial charge in [0.1, 0.15) is 0 Å². The third kappa shape index (κ3) is 2.73. The Hall–Kier alpha value is -3.21. The van der Waals surface area contributed by atoms with Crippen molar-refractivity contribution >= 4 is 11.4 Å². The maximum atomic E-state index is 11.4. The molecule has 2 aromatic rings. The van der Waals surface area contributed by atoms with Gasteiger partial charge in [0.15, 0.2) is 0 Å². The van der Waals surface area contributed by atoms with Crippen molar-refractivity contribution < 1.29 is 5.11 Å². The number of H-pyrrole nitrogens is 2. The summed E-state index contributed by atoms with van der Waals surface area (Å²) in [5.74, 6) is -0.672. The predicted octanol–water partition coefficient (Wildman–Crippen LogP) is 1.06. The molecule has 1 aromatic carbocycles. The molecule has 0 saturated carbocycles. The average Bonchev–Trinajstić information content (AvgIpc) is 2.37. The summed E-state index contributed by atoms with van der Waals surface area (Å²) in [5.41, 5.74) is -1.39. The number of nitriles is 1. The first-order valence-corrected chi connectivity index (χ1v) is 5.07. The topological polar surface area (TPSA) is 134 Å². The van der Waals surface area contributed by atoms with Crippen LogP contribution in [0.3, 0.4) is 0 Å². The van der Waals surface area contributed by atoms with Crippen LogP contribution in [0.2, 0.25) is 0 Å². The molecular weight excluding hydrogens is 250 g/mol. The Morgan fingerprint density at radius 3 is 2.68 bits per heavy atom. The summed E-state index contributed by atoms with van der Waals surface area (Å²) in [6.07, 6.45) is 0. The summed E-state index contributed by atoms with van der Waals surface area (Å²) in [6.45, 7) is 0. The van der Waals surface area contributed by atoms with E-state index in [9.17, 15) is 14.7 Å². The third-order valence-electron chi connectivity index (χ3n) is 2.14. The van der Waals surface area contributed by atoms with Gasteiger partial charge in [-0.25, -0.2) is 4.79 Å². The lowest BCUT2D eigenvalue weighted by Gasteiger charge is -1.95. The van der Waals surface area contributed by atoms with Gasteiger partial charge in [-0.05, 0) is 18.2 Å². The van der Waals surface area contributed by atoms with Gasteiger partial charge < -0.3 is 5.11 Å². The molecule has 0 radical (unpaired) electrons. The standard InChI is InChI=1S/C11H7N5O3/c12-5-6-2-1-3-7(4-6)15-16-8-9(17)13-11(19)14-10(8)18/h1-4H,(H3,13,14,17,18,19). The zero-order valence-corrected chi connectivity index (χ0v) is 9.41. The number of hydrogen-bond acceptors (Lipinski definition) is 6. The van der Waals surface area contributed by atoms with Crippen LogP contribution in [0.15, 0.2) is 44.1 Å². The summed E-state index contributed by atoms with van der Waals surface area (Å²) in [7, 11) is 0. The van der Waals surface area contributed by atoms with Crippen molar-refractivity contribution in [2.24, 2.45) is 10.2 Å². The first-order chi connectivity index (χ1) is 9.10. The monoisotopic (exact) mass is 257 g/mol. The largest absolute Gasteiger partial charge is 0.493 e. The maximum Gasteiger partial charge on any atom is 0.328 e. The Morgan fingerprint density at radius 1 is 1.21 bits per heavy atom. The fraction of sp³-hybridized carbons (Fsp3) is 0. The first kappa shape index (κ1) is 12.3. The number of nitrogens with zero attached hydrogens (tertiary/aromatic N) is 3. The fourth-order valence-corrected chi connectivity index (χ4v) is 1.31. The summed E-state index contributed by atoms with van der Waals surface area (Å²) < 4.78 is 0. The van der Waals surface area contributed by atoms with Crippen LogP contribution in [0.4, 0.5) is 11.4 Å². The van der Waals surface area contributed by atoms with Crippen molar-refractivity contribution in [3.8, 4) is 11.9 Å². The van der Waals surface area contributed by atoms with Crippen LogP contribution in [0.1, 0.15) is 5.56 Å². The van der Waals surface area contributed by atoms with Crippen LogP contribution in [0.5, 0.6) is 5.88 Å². The number of benzene rings is 1. The smallest absolute Gasteiger partial charge is 0.328 e. The molecule has 1 aromatic heterocycles. The molecule has 0 bridgehead atoms. The van der Waals surface area contributed by atoms with Crippen molar-refractivity contribution in [1.29, 1.82) is 5.26 Å². The Morgan fingerprint density at radius 2 is 2.00 bits per heavy atom. The molecule has 8 heteroatoms. The van der Waals surface area contributed by atoms with E-state index in [1.165, 1.54) is 6.07 Å². The lowest BCUT2D eigenvalue weighted by Crippen LogP contribution is -2.20. The number of aromatic amines is 2. The molecule has 1 heterocycles. The van der Waals surface area contributed by atoms with Gasteiger partial charge in [0, 0.05) is 0 Å². The van der Waals surface area contributed by atoms with E-state index >= 15 is 0 Å². The summed E-state index contributed by atoms with van der Waals surface area (Å²) in [5, 5.41) is 25.3. The predicted molar refractivity (Wildman–Crippen MR) is 64.7 cm³/mol. The molecule has 3 N–H and O–H groups in total. The minimum atomic E-state index is -0.860. The normalized spacial score (nSPS) is 10.5. The number of rotatable bonds is 2. The van der Waals surface area contributed by atoms with Crippen molar-refractivity contribution in [2.75, 3.05) is 0 Å². The van der Waals surface area contributed by atoms with Crippen LogP contribution < -0.4 is 11.2 Å². The zero-order valence-electron chi connectivity index (χ0n) is 9.41. The van der Waals surface area contributed by atoms with Crippen molar-refractivity contribution in [1.82, 2.24) is 9.97 Å². The number of aromatic hydroxyl groups is 1. The highest BCUT2D eigenvalue weighted by Crippen LogP contribution is 2.20. The molecule has 0 amide bonds. The van der Waals surface area contributed by atoms with Gasteiger partial charge in [0.05, 0.1) is 17.3 Å². The minimum absolute atomic E-state index is 0.337. The fourth-order valence-electron chi connectivity index (χ4n) is 1.31. The molecule has 94 valence electrons. The van der Waals surface area contributed by atoms with Crippen LogP contribution in [0.25, 0.3) is 0 Å². The lowest BCUT2D eigenvalue weighted by molar-refractivity contribution is 0.450. The maximum absolute atomic E-state index is 11.4. The number of azo groups is 1. The summed E-state index contributed by atoms with van der Waals surface area (Å²) in [6, 6.07) is 8.15. The van der Waals surface area contributed by atoms with Crippen molar-refractivity contribution in [3.05, 3.63) is 50.7 Å². The van der Waals surface area contributed by atoms with E-state index in [0.717, 1.165) is 0 Å². The molecule has 0 saturated heterocycles. The highest BCUT2D eigenvalue weighted by molar-refractivity contribution is 5.46. The van der Waals surface area contributed by atoms with Crippen LogP contribution in [-0.4, -0.2) is 15.1 Å². The van der Waals surface area contributed by atoms with E-state index in [-0.39, 0.29) is 0 Å². The second-order valence-corrected chi connectivity index (χ2v) is 3.47. The Kier molecular flexibility index (Phi) is 3.20. The quantitative estimate of drug-likeness (QED) is 0.693. The molecule has 0 aliphatic heterocycles. The number of aromatic nitrogens is 2. The zero-order chi connectivity index (χ0) is 13.8. The highest BCUT2D eigenvalue weighted by atomic mass is 16.3.